The highest BCUT2D eigenvalue weighted by molar-refractivity contribution is 5.57. The van der Waals surface area contributed by atoms with Crippen molar-refractivity contribution in [3.05, 3.63) is 24.3 Å². The van der Waals surface area contributed by atoms with Gasteiger partial charge in [0.25, 0.3) is 0 Å². The van der Waals surface area contributed by atoms with Crippen LogP contribution in [-0.4, -0.2) is 31.2 Å². The molecule has 0 heterocycles. The van der Waals surface area contributed by atoms with E-state index in [9.17, 15) is 4.79 Å². The average molecular weight is 196 g/mol. The molecule has 0 amide bonds. The van der Waals surface area contributed by atoms with Crippen LogP contribution in [0.2, 0.25) is 0 Å². The molecule has 0 spiro atoms. The minimum absolute atomic E-state index is 0.346. The summed E-state index contributed by atoms with van der Waals surface area (Å²) in [5.41, 5.74) is 0. The maximum absolute atomic E-state index is 10.4. The molecule has 0 aliphatic heterocycles. The molecular weight excluding hydrogens is 184 g/mol. The molecule has 0 saturated carbocycles. The monoisotopic (exact) mass is 196 g/mol. The summed E-state index contributed by atoms with van der Waals surface area (Å²) in [4.78, 5) is 10.4. The van der Waals surface area contributed by atoms with Crippen LogP contribution in [0.1, 0.15) is 0 Å². The van der Waals surface area contributed by atoms with Gasteiger partial charge in [0, 0.05) is 0 Å². The molecule has 1 rings (SSSR count). The predicted molar refractivity (Wildman–Crippen MR) is 50.6 cm³/mol. The Bertz CT molecular complexity index is 298. The van der Waals surface area contributed by atoms with Crippen LogP contribution < -0.4 is 9.47 Å². The molecule has 0 aliphatic rings. The summed E-state index contributed by atoms with van der Waals surface area (Å²) in [6.07, 6.45) is -0.293. The first-order valence-corrected chi connectivity index (χ1v) is 4.17. The quantitative estimate of drug-likeness (QED) is 0.702. The summed E-state index contributed by atoms with van der Waals surface area (Å²) in [6.45, 7) is -0.346. The van der Waals surface area contributed by atoms with E-state index in [1.165, 1.54) is 7.11 Å². The Labute approximate surface area is 82.1 Å². The highest BCUT2D eigenvalue weighted by Crippen LogP contribution is 2.26. The molecule has 1 unspecified atom stereocenters. The highest BCUT2D eigenvalue weighted by atomic mass is 16.5. The molecule has 1 aromatic rings. The van der Waals surface area contributed by atoms with Gasteiger partial charge in [-0.15, -0.1) is 0 Å². The van der Waals surface area contributed by atoms with E-state index in [-0.39, 0.29) is 6.61 Å². The van der Waals surface area contributed by atoms with E-state index < -0.39 is 6.10 Å². The minimum Gasteiger partial charge on any atom is -0.493 e. The first-order chi connectivity index (χ1) is 6.81. The molecule has 4 heteroatoms. The Morgan fingerprint density at radius 3 is 2.57 bits per heavy atom. The van der Waals surface area contributed by atoms with Crippen molar-refractivity contribution >= 4 is 6.29 Å². The van der Waals surface area contributed by atoms with Crippen LogP contribution >= 0.6 is 0 Å². The number of hydrogen-bond donors (Lipinski definition) is 1. The molecule has 1 atom stereocenters. The van der Waals surface area contributed by atoms with Gasteiger partial charge >= 0.3 is 0 Å². The Morgan fingerprint density at radius 1 is 1.43 bits per heavy atom. The van der Waals surface area contributed by atoms with Gasteiger partial charge in [-0.05, 0) is 12.1 Å². The van der Waals surface area contributed by atoms with Gasteiger partial charge in [0.15, 0.2) is 23.9 Å². The van der Waals surface area contributed by atoms with Crippen LogP contribution in [0.25, 0.3) is 0 Å². The summed E-state index contributed by atoms with van der Waals surface area (Å²) in [6, 6.07) is 6.94. The van der Waals surface area contributed by atoms with Gasteiger partial charge in [0.2, 0.25) is 0 Å². The summed E-state index contributed by atoms with van der Waals surface area (Å²) >= 11 is 0. The zero-order chi connectivity index (χ0) is 10.4. The maximum atomic E-state index is 10.4. The second-order valence-electron chi connectivity index (χ2n) is 2.63. The van der Waals surface area contributed by atoms with Gasteiger partial charge < -0.3 is 14.6 Å². The van der Waals surface area contributed by atoms with Crippen molar-refractivity contribution < 1.29 is 19.4 Å². The third-order valence-corrected chi connectivity index (χ3v) is 1.68. The van der Waals surface area contributed by atoms with E-state index in [1.807, 2.05) is 0 Å². The van der Waals surface area contributed by atoms with Gasteiger partial charge in [0.1, 0.15) is 0 Å². The van der Waals surface area contributed by atoms with Crippen LogP contribution in [0.5, 0.6) is 11.5 Å². The molecule has 1 N–H and O–H groups in total. The fraction of sp³-hybridized carbons (Fsp3) is 0.300. The fourth-order valence-electron chi connectivity index (χ4n) is 0.987. The number of aliphatic hydroxyl groups excluding tert-OH is 1. The largest absolute Gasteiger partial charge is 0.493 e. The maximum Gasteiger partial charge on any atom is 0.177 e. The number of rotatable bonds is 5. The van der Waals surface area contributed by atoms with Gasteiger partial charge in [0.05, 0.1) is 13.7 Å². The number of hydrogen-bond acceptors (Lipinski definition) is 4. The number of aliphatic hydroxyl groups is 1. The zero-order valence-corrected chi connectivity index (χ0v) is 7.84. The second kappa shape index (κ2) is 5.24. The van der Waals surface area contributed by atoms with Crippen molar-refractivity contribution in [2.75, 3.05) is 13.7 Å². The topological polar surface area (TPSA) is 55.8 Å². The van der Waals surface area contributed by atoms with Crippen LogP contribution in [0.3, 0.4) is 0 Å². The standard InChI is InChI=1S/C10H12O4/c1-13-9-4-2-3-5-10(9)14-8(6-11)7-12/h2-6,8,12H,7H2,1H3. The van der Waals surface area contributed by atoms with Crippen LogP contribution in [-0.2, 0) is 4.79 Å². The van der Waals surface area contributed by atoms with E-state index >= 15 is 0 Å². The van der Waals surface area contributed by atoms with Crippen LogP contribution in [0, 0.1) is 0 Å². The van der Waals surface area contributed by atoms with E-state index in [0.717, 1.165) is 0 Å². The van der Waals surface area contributed by atoms with E-state index in [2.05, 4.69) is 0 Å². The molecule has 1 aromatic carbocycles. The SMILES string of the molecule is COc1ccccc1OC(C=O)CO. The van der Waals surface area contributed by atoms with Crippen LogP contribution in [0.4, 0.5) is 0 Å². The first-order valence-electron chi connectivity index (χ1n) is 4.17. The Morgan fingerprint density at radius 2 is 2.07 bits per heavy atom. The lowest BCUT2D eigenvalue weighted by molar-refractivity contribution is -0.115. The van der Waals surface area contributed by atoms with Crippen molar-refractivity contribution in [1.82, 2.24) is 0 Å². The highest BCUT2D eigenvalue weighted by Gasteiger charge is 2.10. The molecule has 76 valence electrons. The zero-order valence-electron chi connectivity index (χ0n) is 7.84. The Hall–Kier alpha value is -1.55. The molecule has 0 fully saturated rings. The van der Waals surface area contributed by atoms with Crippen molar-refractivity contribution in [3.8, 4) is 11.5 Å². The smallest absolute Gasteiger partial charge is 0.177 e. The number of ether oxygens (including phenoxy) is 2. The Balaban J connectivity index is 2.78. The lowest BCUT2D eigenvalue weighted by Crippen LogP contribution is -2.22. The summed E-state index contributed by atoms with van der Waals surface area (Å²) in [7, 11) is 1.51. The number of methoxy groups -OCH3 is 1. The molecular formula is C10H12O4. The van der Waals surface area contributed by atoms with Crippen molar-refractivity contribution in [2.24, 2.45) is 0 Å². The van der Waals surface area contributed by atoms with Gasteiger partial charge in [-0.1, -0.05) is 12.1 Å². The number of benzene rings is 1. The first kappa shape index (κ1) is 10.5. The fourth-order valence-corrected chi connectivity index (χ4v) is 0.987. The summed E-state index contributed by atoms with van der Waals surface area (Å²) < 4.78 is 10.2. The summed E-state index contributed by atoms with van der Waals surface area (Å²) in [5, 5.41) is 8.75. The predicted octanol–water partition coefficient (Wildman–Crippen LogP) is 0.634. The number of para-hydroxylation sites is 2. The molecule has 0 aliphatic carbocycles. The molecule has 0 radical (unpaired) electrons. The van der Waals surface area contributed by atoms with Gasteiger partial charge in [-0.2, -0.15) is 0 Å². The van der Waals surface area contributed by atoms with E-state index in [1.54, 1.807) is 24.3 Å². The molecule has 0 saturated heterocycles. The third-order valence-electron chi connectivity index (χ3n) is 1.68. The number of carbonyl (C=O) groups is 1. The van der Waals surface area contributed by atoms with Crippen molar-refractivity contribution in [3.63, 3.8) is 0 Å². The van der Waals surface area contributed by atoms with E-state index in [4.69, 9.17) is 14.6 Å². The van der Waals surface area contributed by atoms with Crippen molar-refractivity contribution in [2.45, 2.75) is 6.10 Å². The normalized spacial score (nSPS) is 11.9. The number of aldehydes is 1. The van der Waals surface area contributed by atoms with E-state index in [0.29, 0.717) is 17.8 Å². The lowest BCUT2D eigenvalue weighted by atomic mass is 10.3. The minimum atomic E-state index is -0.841. The molecule has 4 nitrogen and oxygen atoms in total. The third kappa shape index (κ3) is 2.47. The molecule has 0 bridgehead atoms. The molecule has 0 aromatic heterocycles. The van der Waals surface area contributed by atoms with Crippen molar-refractivity contribution in [1.29, 1.82) is 0 Å². The second-order valence-corrected chi connectivity index (χ2v) is 2.63. The Kier molecular flexibility index (Phi) is 3.94. The summed E-state index contributed by atoms with van der Waals surface area (Å²) in [5.74, 6) is 0.981. The van der Waals surface area contributed by atoms with Gasteiger partial charge in [-0.25, -0.2) is 0 Å². The average Bonchev–Trinajstić information content (AvgIpc) is 2.26. The van der Waals surface area contributed by atoms with Crippen LogP contribution in [0.15, 0.2) is 24.3 Å². The lowest BCUT2D eigenvalue weighted by Gasteiger charge is -2.13. The van der Waals surface area contributed by atoms with Gasteiger partial charge in [-0.3, -0.25) is 4.79 Å². The number of carbonyl (C=O) groups excluding carboxylic acids is 1. The molecule has 14 heavy (non-hydrogen) atoms.